The third-order valence-corrected chi connectivity index (χ3v) is 10.9. The Hall–Kier alpha value is -7.89. The van der Waals surface area contributed by atoms with Gasteiger partial charge in [-0.15, -0.1) is 0 Å². The highest BCUT2D eigenvalue weighted by atomic mass is 16.3. The molecule has 12 rings (SSSR count). The van der Waals surface area contributed by atoms with Gasteiger partial charge in [-0.25, -0.2) is 15.0 Å². The fourth-order valence-electron chi connectivity index (χ4n) is 8.16. The minimum atomic E-state index is -0.519. The van der Waals surface area contributed by atoms with Crippen LogP contribution in [0.2, 0.25) is 0 Å². The van der Waals surface area contributed by atoms with Gasteiger partial charge in [0.1, 0.15) is 11.2 Å². The molecule has 9 aromatic carbocycles. The van der Waals surface area contributed by atoms with Gasteiger partial charge in [-0.3, -0.25) is 0 Å². The molecule has 0 unspecified atom stereocenters. The molecule has 0 amide bonds. The van der Waals surface area contributed by atoms with Crippen molar-refractivity contribution in [2.24, 2.45) is 0 Å². The van der Waals surface area contributed by atoms with Gasteiger partial charge in [0.2, 0.25) is 0 Å². The number of nitrogens with zero attached hydrogens (tertiary/aromatic N) is 4. The molecule has 0 bridgehead atoms. The fraction of sp³-hybridized carbons (Fsp3) is 0. The first-order chi connectivity index (χ1) is 32.0. The minimum Gasteiger partial charge on any atom is -0.456 e. The summed E-state index contributed by atoms with van der Waals surface area (Å²) >= 11 is 0. The van der Waals surface area contributed by atoms with Gasteiger partial charge in [0, 0.05) is 38.2 Å². The van der Waals surface area contributed by atoms with E-state index >= 15 is 0 Å². The third-order valence-electron chi connectivity index (χ3n) is 10.9. The Balaban J connectivity index is 1.21. The maximum absolute atomic E-state index is 9.33. The van der Waals surface area contributed by atoms with Crippen LogP contribution in [0.1, 0.15) is 11.0 Å². The molecule has 12 aromatic rings. The Labute approximate surface area is 344 Å². The molecular weight excluding hydrogens is 709 g/mol. The van der Waals surface area contributed by atoms with Crippen molar-refractivity contribution in [3.63, 3.8) is 0 Å². The molecule has 0 aliphatic carbocycles. The molecule has 0 saturated heterocycles. The summed E-state index contributed by atoms with van der Waals surface area (Å²) in [5, 5.41) is 6.05. The van der Waals surface area contributed by atoms with Crippen LogP contribution in [-0.2, 0) is 0 Å². The van der Waals surface area contributed by atoms with Crippen LogP contribution in [0.25, 0.3) is 116 Å². The maximum Gasteiger partial charge on any atom is 0.166 e. The van der Waals surface area contributed by atoms with Gasteiger partial charge in [-0.2, -0.15) is 0 Å². The zero-order chi connectivity index (χ0) is 45.1. The van der Waals surface area contributed by atoms with E-state index in [-0.39, 0.29) is 27.6 Å². The van der Waals surface area contributed by atoms with Crippen molar-refractivity contribution in [3.05, 3.63) is 194 Å². The van der Waals surface area contributed by atoms with Crippen LogP contribution in [0.5, 0.6) is 0 Å². The second-order valence-electron chi connectivity index (χ2n) is 14.2. The second-order valence-corrected chi connectivity index (χ2v) is 14.2. The lowest BCUT2D eigenvalue weighted by molar-refractivity contribution is 0.669. The molecule has 0 N–H and O–H groups in total. The van der Waals surface area contributed by atoms with Crippen LogP contribution in [0, 0.1) is 0 Å². The SMILES string of the molecule is [2H]c1c([2H])c([2H])c2c(c1[2H])c1c([2H])c([2H])c([2H])c([2H])c1n2-c1ccc(-c2cccc3cc4ccccc4cc23)cc1-c1nc(-c2ccccc2)nc(-c2ccc3c(c2)oc2ccccc23)n1. The quantitative estimate of drug-likeness (QED) is 0.164. The van der Waals surface area contributed by atoms with Gasteiger partial charge >= 0.3 is 0 Å². The Morgan fingerprint density at radius 1 is 0.397 bits per heavy atom. The molecule has 3 aromatic heterocycles. The van der Waals surface area contributed by atoms with E-state index in [9.17, 15) is 2.74 Å². The van der Waals surface area contributed by atoms with Crippen molar-refractivity contribution in [2.45, 2.75) is 0 Å². The number of aromatic nitrogens is 4. The zero-order valence-electron chi connectivity index (χ0n) is 38.6. The molecule has 0 saturated carbocycles. The van der Waals surface area contributed by atoms with Gasteiger partial charge in [0.25, 0.3) is 0 Å². The van der Waals surface area contributed by atoms with E-state index < -0.39 is 48.3 Å². The van der Waals surface area contributed by atoms with Crippen molar-refractivity contribution in [1.82, 2.24) is 19.5 Å². The molecule has 270 valence electrons. The van der Waals surface area contributed by atoms with Gasteiger partial charge in [-0.1, -0.05) is 139 Å². The van der Waals surface area contributed by atoms with Crippen LogP contribution >= 0.6 is 0 Å². The van der Waals surface area contributed by atoms with Crippen molar-refractivity contribution >= 4 is 65.3 Å². The predicted molar refractivity (Wildman–Crippen MR) is 238 cm³/mol. The van der Waals surface area contributed by atoms with Gasteiger partial charge < -0.3 is 8.98 Å². The maximum atomic E-state index is 9.33. The summed E-state index contributed by atoms with van der Waals surface area (Å²) in [6.07, 6.45) is 0. The van der Waals surface area contributed by atoms with Crippen LogP contribution in [-0.4, -0.2) is 19.5 Å². The van der Waals surface area contributed by atoms with E-state index in [1.54, 1.807) is 6.07 Å². The van der Waals surface area contributed by atoms with Gasteiger partial charge in [0.05, 0.1) is 27.7 Å². The van der Waals surface area contributed by atoms with Crippen molar-refractivity contribution in [2.75, 3.05) is 0 Å². The highest BCUT2D eigenvalue weighted by molar-refractivity contribution is 6.10. The molecule has 58 heavy (non-hydrogen) atoms. The summed E-state index contributed by atoms with van der Waals surface area (Å²) in [7, 11) is 0. The van der Waals surface area contributed by atoms with Gasteiger partial charge in [0.15, 0.2) is 17.5 Å². The summed E-state index contributed by atoms with van der Waals surface area (Å²) in [5.74, 6) is 0.905. The average Bonchev–Trinajstić information content (AvgIpc) is 3.92. The van der Waals surface area contributed by atoms with Crippen molar-refractivity contribution in [3.8, 4) is 51.0 Å². The Bertz CT molecular complexity index is 3980. The number of fused-ring (bicyclic) bond motifs is 8. The lowest BCUT2D eigenvalue weighted by atomic mass is 9.94. The van der Waals surface area contributed by atoms with E-state index in [1.807, 2.05) is 109 Å². The van der Waals surface area contributed by atoms with Crippen LogP contribution in [0.4, 0.5) is 0 Å². The predicted octanol–water partition coefficient (Wildman–Crippen LogP) is 13.8. The topological polar surface area (TPSA) is 56.7 Å². The van der Waals surface area contributed by atoms with Crippen molar-refractivity contribution < 1.29 is 15.4 Å². The van der Waals surface area contributed by atoms with Gasteiger partial charge in [-0.05, 0) is 87.2 Å². The molecule has 3 heterocycles. The largest absolute Gasteiger partial charge is 0.456 e. The minimum absolute atomic E-state index is 0.0125. The second kappa shape index (κ2) is 12.8. The highest BCUT2D eigenvalue weighted by Gasteiger charge is 2.21. The van der Waals surface area contributed by atoms with E-state index in [0.29, 0.717) is 39.6 Å². The lowest BCUT2D eigenvalue weighted by Crippen LogP contribution is -2.04. The highest BCUT2D eigenvalue weighted by Crippen LogP contribution is 2.40. The Morgan fingerprint density at radius 2 is 1.03 bits per heavy atom. The zero-order valence-corrected chi connectivity index (χ0v) is 30.6. The van der Waals surface area contributed by atoms with Crippen LogP contribution in [0.3, 0.4) is 0 Å². The lowest BCUT2D eigenvalue weighted by Gasteiger charge is -2.17. The van der Waals surface area contributed by atoms with E-state index in [2.05, 4.69) is 30.3 Å². The number of rotatable bonds is 5. The van der Waals surface area contributed by atoms with Crippen LogP contribution in [0.15, 0.2) is 198 Å². The van der Waals surface area contributed by atoms with Crippen LogP contribution < -0.4 is 0 Å². The Morgan fingerprint density at radius 3 is 1.84 bits per heavy atom. The third kappa shape index (κ3) is 5.14. The summed E-state index contributed by atoms with van der Waals surface area (Å²) in [6, 6.07) is 43.7. The monoisotopic (exact) mass is 748 g/mol. The number of benzene rings is 9. The van der Waals surface area contributed by atoms with Crippen molar-refractivity contribution in [1.29, 1.82) is 0 Å². The number of hydrogen-bond donors (Lipinski definition) is 0. The number of para-hydroxylation sites is 3. The summed E-state index contributed by atoms with van der Waals surface area (Å²) in [6.45, 7) is 0. The first-order valence-electron chi connectivity index (χ1n) is 22.9. The molecule has 0 radical (unpaired) electrons. The molecule has 0 fully saturated rings. The molecule has 0 aliphatic rings. The average molecular weight is 749 g/mol. The first-order valence-corrected chi connectivity index (χ1v) is 18.9. The van der Waals surface area contributed by atoms with E-state index in [0.717, 1.165) is 49.0 Å². The first kappa shape index (κ1) is 25.3. The molecular formula is C53H32N4O. The number of furan rings is 1. The number of hydrogen-bond acceptors (Lipinski definition) is 4. The van der Waals surface area contributed by atoms with E-state index in [4.69, 9.17) is 27.6 Å². The molecule has 0 spiro atoms. The summed E-state index contributed by atoms with van der Waals surface area (Å²) in [5.41, 5.74) is 5.16. The molecule has 5 nitrogen and oxygen atoms in total. The smallest absolute Gasteiger partial charge is 0.166 e. The fourth-order valence-corrected chi connectivity index (χ4v) is 8.16. The normalized spacial score (nSPS) is 13.7. The molecule has 0 aliphatic heterocycles. The summed E-state index contributed by atoms with van der Waals surface area (Å²) < 4.78 is 79.6. The van der Waals surface area contributed by atoms with E-state index in [1.165, 1.54) is 4.57 Å². The Kier molecular flexibility index (Phi) is 5.60. The summed E-state index contributed by atoms with van der Waals surface area (Å²) in [4.78, 5) is 15.4. The molecule has 0 atom stereocenters. The molecule has 5 heteroatoms. The standard InChI is InChI=1S/C53H32N4O/c1-2-13-33(14-3-1)51-54-52(38-25-27-43-42-20-8-11-24-49(42)58-50(43)32-38)56-53(55-51)45-31-37(39-21-12-17-36-29-34-15-4-5-16-35(34)30-44(36)39)26-28-48(45)57-46-22-9-6-18-40(46)41-19-7-10-23-47(41)57/h1-32H/i6D,7D,9D,10D,18D,19D,22D,23D.